The molecule has 1 aliphatic rings. The van der Waals surface area contributed by atoms with Gasteiger partial charge < -0.3 is 0 Å². The van der Waals surface area contributed by atoms with Gasteiger partial charge >= 0.3 is 6.18 Å². The van der Waals surface area contributed by atoms with Crippen molar-refractivity contribution in [2.45, 2.75) is 43.3 Å². The number of hydrogen-bond acceptors (Lipinski definition) is 4. The summed E-state index contributed by atoms with van der Waals surface area (Å²) in [7, 11) is -4.08. The lowest BCUT2D eigenvalue weighted by Crippen LogP contribution is -2.28. The van der Waals surface area contributed by atoms with Crippen LogP contribution in [0.25, 0.3) is 11.3 Å². The molecule has 2 heterocycles. The molecule has 164 valence electrons. The zero-order valence-corrected chi connectivity index (χ0v) is 17.4. The molecule has 0 radical (unpaired) electrons. The number of pyridine rings is 1. The van der Waals surface area contributed by atoms with Gasteiger partial charge in [0, 0.05) is 35.8 Å². The van der Waals surface area contributed by atoms with Crippen LogP contribution in [0.15, 0.2) is 53.7 Å². The number of rotatable bonds is 6. The Balaban J connectivity index is 1.52. The standard InChI is InChI=1S/C21H21F3N4O2S/c22-21(23,24)16-4-3-5-17(14-16)31(29,30)26-12-13-28-19-7-2-1-6-18(19)20(27-28)15-8-10-25-11-9-15/h3-5,8-11,14,26H,1-2,6-7,12-13H2. The number of aromatic nitrogens is 3. The minimum absolute atomic E-state index is 0.0164. The van der Waals surface area contributed by atoms with Gasteiger partial charge in [0.25, 0.3) is 0 Å². The smallest absolute Gasteiger partial charge is 0.267 e. The number of benzene rings is 1. The van der Waals surface area contributed by atoms with Gasteiger partial charge in [0.1, 0.15) is 0 Å². The Hall–Kier alpha value is -2.72. The van der Waals surface area contributed by atoms with E-state index in [9.17, 15) is 21.6 Å². The van der Waals surface area contributed by atoms with Gasteiger partial charge in [0.2, 0.25) is 10.0 Å². The summed E-state index contributed by atoms with van der Waals surface area (Å²) >= 11 is 0. The highest BCUT2D eigenvalue weighted by molar-refractivity contribution is 7.89. The summed E-state index contributed by atoms with van der Waals surface area (Å²) in [6.07, 6.45) is 2.66. The van der Waals surface area contributed by atoms with E-state index in [1.54, 1.807) is 17.1 Å². The van der Waals surface area contributed by atoms with Crippen molar-refractivity contribution in [3.05, 3.63) is 65.6 Å². The summed E-state index contributed by atoms with van der Waals surface area (Å²) in [5, 5.41) is 4.71. The molecule has 0 saturated heterocycles. The fourth-order valence-corrected chi connectivity index (χ4v) is 4.87. The molecule has 10 heteroatoms. The zero-order chi connectivity index (χ0) is 22.1. The molecule has 31 heavy (non-hydrogen) atoms. The van der Waals surface area contributed by atoms with E-state index in [1.165, 1.54) is 0 Å². The predicted molar refractivity (Wildman–Crippen MR) is 109 cm³/mol. The first-order valence-electron chi connectivity index (χ1n) is 9.91. The monoisotopic (exact) mass is 450 g/mol. The molecular formula is C21H21F3N4O2S. The lowest BCUT2D eigenvalue weighted by molar-refractivity contribution is -0.137. The molecule has 6 nitrogen and oxygen atoms in total. The van der Waals surface area contributed by atoms with Gasteiger partial charge in [0.15, 0.2) is 0 Å². The van der Waals surface area contributed by atoms with Crippen molar-refractivity contribution in [3.63, 3.8) is 0 Å². The summed E-state index contributed by atoms with van der Waals surface area (Å²) in [5.74, 6) is 0. The van der Waals surface area contributed by atoms with E-state index >= 15 is 0 Å². The lowest BCUT2D eigenvalue weighted by atomic mass is 9.94. The van der Waals surface area contributed by atoms with Crippen LogP contribution in [-0.2, 0) is 35.6 Å². The van der Waals surface area contributed by atoms with E-state index in [1.807, 2.05) is 12.1 Å². The number of sulfonamides is 1. The van der Waals surface area contributed by atoms with Crippen LogP contribution in [0.1, 0.15) is 29.7 Å². The maximum Gasteiger partial charge on any atom is 0.416 e. The zero-order valence-electron chi connectivity index (χ0n) is 16.6. The van der Waals surface area contributed by atoms with E-state index in [-0.39, 0.29) is 13.1 Å². The number of alkyl halides is 3. The summed E-state index contributed by atoms with van der Waals surface area (Å²) in [6, 6.07) is 7.49. The van der Waals surface area contributed by atoms with Gasteiger partial charge in [-0.05, 0) is 56.0 Å². The molecule has 0 amide bonds. The highest BCUT2D eigenvalue weighted by atomic mass is 32.2. The average molecular weight is 450 g/mol. The van der Waals surface area contributed by atoms with Crippen molar-refractivity contribution in [1.82, 2.24) is 19.5 Å². The average Bonchev–Trinajstić information content (AvgIpc) is 3.13. The van der Waals surface area contributed by atoms with Gasteiger partial charge in [-0.1, -0.05) is 6.07 Å². The molecule has 1 aliphatic carbocycles. The van der Waals surface area contributed by atoms with E-state index in [2.05, 4.69) is 9.71 Å². The van der Waals surface area contributed by atoms with Gasteiger partial charge in [0.05, 0.1) is 22.7 Å². The van der Waals surface area contributed by atoms with Crippen molar-refractivity contribution < 1.29 is 21.6 Å². The highest BCUT2D eigenvalue weighted by Gasteiger charge is 2.31. The van der Waals surface area contributed by atoms with Crippen LogP contribution in [0.5, 0.6) is 0 Å². The Kier molecular flexibility index (Phi) is 5.85. The fraction of sp³-hybridized carbons (Fsp3) is 0.333. The third-order valence-corrected chi connectivity index (χ3v) is 6.76. The molecule has 3 aromatic rings. The Morgan fingerprint density at radius 1 is 1.06 bits per heavy atom. The number of fused-ring (bicyclic) bond motifs is 1. The lowest BCUT2D eigenvalue weighted by Gasteiger charge is -2.15. The molecule has 4 rings (SSSR count). The van der Waals surface area contributed by atoms with E-state index in [4.69, 9.17) is 5.10 Å². The first-order valence-corrected chi connectivity index (χ1v) is 11.4. The fourth-order valence-electron chi connectivity index (χ4n) is 3.81. The predicted octanol–water partition coefficient (Wildman–Crippen LogP) is 3.82. The first-order chi connectivity index (χ1) is 14.8. The van der Waals surface area contributed by atoms with Gasteiger partial charge in [-0.3, -0.25) is 9.67 Å². The van der Waals surface area contributed by atoms with Crippen molar-refractivity contribution in [1.29, 1.82) is 0 Å². The normalized spacial score (nSPS) is 14.4. The number of nitrogens with zero attached hydrogens (tertiary/aromatic N) is 3. The van der Waals surface area contributed by atoms with E-state index in [0.717, 1.165) is 66.4 Å². The van der Waals surface area contributed by atoms with Crippen LogP contribution >= 0.6 is 0 Å². The maximum atomic E-state index is 12.9. The van der Waals surface area contributed by atoms with E-state index in [0.29, 0.717) is 6.07 Å². The molecule has 0 aliphatic heterocycles. The van der Waals surface area contributed by atoms with Gasteiger partial charge in [-0.15, -0.1) is 0 Å². The Bertz CT molecular complexity index is 1180. The second kappa shape index (κ2) is 8.43. The molecule has 0 unspecified atom stereocenters. The topological polar surface area (TPSA) is 76.9 Å². The Morgan fingerprint density at radius 3 is 2.55 bits per heavy atom. The molecule has 1 aromatic carbocycles. The Morgan fingerprint density at radius 2 is 1.81 bits per heavy atom. The molecule has 0 saturated carbocycles. The molecule has 0 atom stereocenters. The SMILES string of the molecule is O=S(=O)(NCCn1nc(-c2ccncc2)c2c1CCCC2)c1cccc(C(F)(F)F)c1. The quantitative estimate of drug-likeness (QED) is 0.620. The molecular weight excluding hydrogens is 429 g/mol. The molecule has 1 N–H and O–H groups in total. The van der Waals surface area contributed by atoms with Crippen LogP contribution in [0, 0.1) is 0 Å². The third-order valence-electron chi connectivity index (χ3n) is 5.30. The van der Waals surface area contributed by atoms with Crippen molar-refractivity contribution in [2.24, 2.45) is 0 Å². The van der Waals surface area contributed by atoms with E-state index < -0.39 is 26.7 Å². The van der Waals surface area contributed by atoms with Crippen LogP contribution < -0.4 is 4.72 Å². The third kappa shape index (κ3) is 4.64. The molecule has 0 spiro atoms. The maximum absolute atomic E-state index is 12.9. The number of nitrogens with one attached hydrogen (secondary N) is 1. The Labute approximate surface area is 178 Å². The van der Waals surface area contributed by atoms with Crippen LogP contribution in [-0.4, -0.2) is 29.7 Å². The number of hydrogen-bond donors (Lipinski definition) is 1. The molecule has 0 bridgehead atoms. The van der Waals surface area contributed by atoms with Gasteiger partial charge in [-0.2, -0.15) is 18.3 Å². The largest absolute Gasteiger partial charge is 0.416 e. The van der Waals surface area contributed by atoms with Crippen LogP contribution in [0.4, 0.5) is 13.2 Å². The van der Waals surface area contributed by atoms with Crippen LogP contribution in [0.3, 0.4) is 0 Å². The molecule has 2 aromatic heterocycles. The summed E-state index contributed by atoms with van der Waals surface area (Å²) in [4.78, 5) is 3.62. The summed E-state index contributed by atoms with van der Waals surface area (Å²) in [5.41, 5.74) is 3.07. The second-order valence-corrected chi connectivity index (χ2v) is 9.13. The molecule has 0 fully saturated rings. The minimum atomic E-state index is -4.61. The van der Waals surface area contributed by atoms with Crippen molar-refractivity contribution in [2.75, 3.05) is 6.54 Å². The van der Waals surface area contributed by atoms with Crippen molar-refractivity contribution in [3.8, 4) is 11.3 Å². The van der Waals surface area contributed by atoms with Gasteiger partial charge in [-0.25, -0.2) is 13.1 Å². The van der Waals surface area contributed by atoms with Crippen LogP contribution in [0.2, 0.25) is 0 Å². The minimum Gasteiger partial charge on any atom is -0.267 e. The summed E-state index contributed by atoms with van der Waals surface area (Å²) in [6.45, 7) is 0.300. The second-order valence-electron chi connectivity index (χ2n) is 7.36. The number of halogens is 3. The summed E-state index contributed by atoms with van der Waals surface area (Å²) < 4.78 is 67.9. The first kappa shape index (κ1) is 21.5. The highest BCUT2D eigenvalue weighted by Crippen LogP contribution is 2.32. The van der Waals surface area contributed by atoms with Crippen molar-refractivity contribution >= 4 is 10.0 Å².